The lowest BCUT2D eigenvalue weighted by Crippen LogP contribution is -1.84. The molecule has 0 saturated heterocycles. The molecule has 0 saturated carbocycles. The van der Waals surface area contributed by atoms with Crippen molar-refractivity contribution in [3.05, 3.63) is 11.1 Å². The zero-order chi connectivity index (χ0) is 6.57. The van der Waals surface area contributed by atoms with Gasteiger partial charge in [0.1, 0.15) is 4.84 Å². The zero-order valence-corrected chi connectivity index (χ0v) is 6.90. The van der Waals surface area contributed by atoms with Gasteiger partial charge >= 0.3 is 0 Å². The Balaban J connectivity index is 3.61. The van der Waals surface area contributed by atoms with Crippen LogP contribution in [0.4, 0.5) is 0 Å². The number of rotatable bonds is 2. The van der Waals surface area contributed by atoms with Gasteiger partial charge in [-0.2, -0.15) is 0 Å². The van der Waals surface area contributed by atoms with E-state index in [1.54, 1.807) is 6.08 Å². The van der Waals surface area contributed by atoms with Gasteiger partial charge in [0.15, 0.2) is 0 Å². The summed E-state index contributed by atoms with van der Waals surface area (Å²) < 4.78 is 0. The molecule has 4 heteroatoms. The molecule has 0 fully saturated rings. The van der Waals surface area contributed by atoms with Crippen molar-refractivity contribution in [3.8, 4) is 0 Å². The molecule has 0 atom stereocenters. The van der Waals surface area contributed by atoms with Crippen LogP contribution in [0.2, 0.25) is 0 Å². The molecule has 0 nitrogen and oxygen atoms in total. The lowest BCUT2D eigenvalue weighted by Gasteiger charge is -1.93. The van der Waals surface area contributed by atoms with Crippen molar-refractivity contribution in [1.29, 1.82) is 0 Å². The molecule has 0 spiro atoms. The molecule has 0 amide bonds. The van der Waals surface area contributed by atoms with E-state index in [-0.39, 0.29) is 0 Å². The second-order valence-corrected chi connectivity index (χ2v) is 2.89. The van der Waals surface area contributed by atoms with E-state index >= 15 is 0 Å². The molecule has 0 radical (unpaired) electrons. The maximum Gasteiger partial charge on any atom is 0.142 e. The standard InChI is InChI=1S/C4H4Cl4/c5-2-1-3(6)4(7)8/h1,4H,2H2/b3-1+. The molecule has 0 heterocycles. The van der Waals surface area contributed by atoms with Crippen LogP contribution in [-0.4, -0.2) is 10.7 Å². The van der Waals surface area contributed by atoms with E-state index in [0.717, 1.165) is 0 Å². The highest BCUT2D eigenvalue weighted by Gasteiger charge is 2.00. The van der Waals surface area contributed by atoms with Gasteiger partial charge in [-0.05, 0) is 0 Å². The number of hydrogen-bond acceptors (Lipinski definition) is 0. The third-order valence-electron chi connectivity index (χ3n) is 0.481. The minimum atomic E-state index is -0.643. The molecular formula is C4H4Cl4. The summed E-state index contributed by atoms with van der Waals surface area (Å²) >= 11 is 21.3. The van der Waals surface area contributed by atoms with Gasteiger partial charge in [0.05, 0.1) is 0 Å². The fraction of sp³-hybridized carbons (Fsp3) is 0.500. The monoisotopic (exact) mass is 192 g/mol. The van der Waals surface area contributed by atoms with Crippen molar-refractivity contribution in [2.45, 2.75) is 4.84 Å². The van der Waals surface area contributed by atoms with E-state index in [2.05, 4.69) is 0 Å². The van der Waals surface area contributed by atoms with Crippen LogP contribution in [-0.2, 0) is 0 Å². The van der Waals surface area contributed by atoms with Gasteiger partial charge in [-0.25, -0.2) is 0 Å². The summed E-state index contributed by atoms with van der Waals surface area (Å²) in [5.74, 6) is 0.342. The third-order valence-corrected chi connectivity index (χ3v) is 1.70. The second kappa shape index (κ2) is 4.75. The Labute approximate surface area is 68.4 Å². The zero-order valence-electron chi connectivity index (χ0n) is 3.87. The first-order valence-corrected chi connectivity index (χ1v) is 3.66. The topological polar surface area (TPSA) is 0 Å². The van der Waals surface area contributed by atoms with E-state index in [1.165, 1.54) is 0 Å². The van der Waals surface area contributed by atoms with Crippen LogP contribution >= 0.6 is 46.4 Å². The van der Waals surface area contributed by atoms with Crippen LogP contribution in [0.15, 0.2) is 11.1 Å². The van der Waals surface area contributed by atoms with Crippen molar-refractivity contribution in [1.82, 2.24) is 0 Å². The summed E-state index contributed by atoms with van der Waals surface area (Å²) in [6, 6.07) is 0. The quantitative estimate of drug-likeness (QED) is 0.592. The second-order valence-electron chi connectivity index (χ2n) is 1.04. The molecule has 0 aliphatic rings. The number of hydrogen-bond donors (Lipinski definition) is 0. The van der Waals surface area contributed by atoms with Gasteiger partial charge in [-0.15, -0.1) is 11.6 Å². The molecule has 0 N–H and O–H groups in total. The maximum atomic E-state index is 5.43. The van der Waals surface area contributed by atoms with E-state index in [9.17, 15) is 0 Å². The minimum Gasteiger partial charge on any atom is -0.122 e. The van der Waals surface area contributed by atoms with Crippen LogP contribution in [0.1, 0.15) is 0 Å². The lowest BCUT2D eigenvalue weighted by atomic mass is 10.6. The summed E-state index contributed by atoms with van der Waals surface area (Å²) in [7, 11) is 0. The molecule has 0 aromatic carbocycles. The molecule has 0 rings (SSSR count). The molecule has 0 aromatic heterocycles. The first-order chi connectivity index (χ1) is 3.68. The molecule has 48 valence electrons. The van der Waals surface area contributed by atoms with E-state index in [0.29, 0.717) is 10.9 Å². The summed E-state index contributed by atoms with van der Waals surface area (Å²) in [5, 5.41) is 0.378. The van der Waals surface area contributed by atoms with Gasteiger partial charge in [0, 0.05) is 10.9 Å². The number of allylic oxidation sites excluding steroid dienone is 2. The minimum absolute atomic E-state index is 0.342. The van der Waals surface area contributed by atoms with Gasteiger partial charge in [-0.1, -0.05) is 40.9 Å². The number of halogens is 4. The van der Waals surface area contributed by atoms with Crippen LogP contribution < -0.4 is 0 Å². The van der Waals surface area contributed by atoms with E-state index in [4.69, 9.17) is 46.4 Å². The van der Waals surface area contributed by atoms with Crippen molar-refractivity contribution in [3.63, 3.8) is 0 Å². The van der Waals surface area contributed by atoms with Crippen LogP contribution in [0.5, 0.6) is 0 Å². The molecule has 0 aliphatic heterocycles. The first kappa shape index (κ1) is 8.90. The SMILES string of the molecule is ClC/C=C(/Cl)C(Cl)Cl. The largest absolute Gasteiger partial charge is 0.142 e. The average molecular weight is 194 g/mol. The highest BCUT2D eigenvalue weighted by Crippen LogP contribution is 2.17. The Kier molecular flexibility index (Phi) is 5.28. The fourth-order valence-electron chi connectivity index (χ4n) is 0.163. The number of alkyl halides is 3. The highest BCUT2D eigenvalue weighted by molar-refractivity contribution is 6.52. The first-order valence-electron chi connectivity index (χ1n) is 1.88. The molecule has 8 heavy (non-hydrogen) atoms. The van der Waals surface area contributed by atoms with Crippen LogP contribution in [0.3, 0.4) is 0 Å². The summed E-state index contributed by atoms with van der Waals surface area (Å²) in [6.45, 7) is 0. The van der Waals surface area contributed by atoms with E-state index in [1.807, 2.05) is 0 Å². The third kappa shape index (κ3) is 3.85. The Bertz CT molecular complexity index is 86.0. The van der Waals surface area contributed by atoms with Crippen molar-refractivity contribution in [2.24, 2.45) is 0 Å². The molecule has 0 bridgehead atoms. The molecular weight excluding hydrogens is 190 g/mol. The Morgan fingerprint density at radius 2 is 2.00 bits per heavy atom. The van der Waals surface area contributed by atoms with Crippen molar-refractivity contribution < 1.29 is 0 Å². The predicted octanol–water partition coefficient (Wildman–Crippen LogP) is 3.15. The molecule has 0 aliphatic carbocycles. The van der Waals surface area contributed by atoms with Crippen LogP contribution in [0.25, 0.3) is 0 Å². The lowest BCUT2D eigenvalue weighted by molar-refractivity contribution is 1.50. The smallest absolute Gasteiger partial charge is 0.122 e. The molecule has 0 aromatic rings. The highest BCUT2D eigenvalue weighted by atomic mass is 35.5. The Morgan fingerprint density at radius 3 is 2.12 bits per heavy atom. The van der Waals surface area contributed by atoms with Gasteiger partial charge in [0.25, 0.3) is 0 Å². The molecule has 0 unspecified atom stereocenters. The van der Waals surface area contributed by atoms with Gasteiger partial charge in [-0.3, -0.25) is 0 Å². The Hall–Kier alpha value is 0.900. The Morgan fingerprint density at radius 1 is 1.50 bits per heavy atom. The summed E-state index contributed by atoms with van der Waals surface area (Å²) in [6.07, 6.45) is 1.55. The van der Waals surface area contributed by atoms with Crippen LogP contribution in [0, 0.1) is 0 Å². The van der Waals surface area contributed by atoms with Gasteiger partial charge in [0.2, 0.25) is 0 Å². The predicted molar refractivity (Wildman–Crippen MR) is 40.2 cm³/mol. The average Bonchev–Trinajstić information content (AvgIpc) is 1.67. The maximum absolute atomic E-state index is 5.43. The fourth-order valence-corrected chi connectivity index (χ4v) is 0.663. The summed E-state index contributed by atoms with van der Waals surface area (Å²) in [5.41, 5.74) is 0. The normalized spacial score (nSPS) is 12.9. The van der Waals surface area contributed by atoms with E-state index < -0.39 is 4.84 Å². The van der Waals surface area contributed by atoms with Gasteiger partial charge < -0.3 is 0 Å². The van der Waals surface area contributed by atoms with Crippen molar-refractivity contribution >= 4 is 46.4 Å². The summed E-state index contributed by atoms with van der Waals surface area (Å²) in [4.78, 5) is -0.643. The van der Waals surface area contributed by atoms with Crippen molar-refractivity contribution in [2.75, 3.05) is 5.88 Å².